The first-order valence-corrected chi connectivity index (χ1v) is 6.75. The highest BCUT2D eigenvalue weighted by molar-refractivity contribution is 9.10. The van der Waals surface area contributed by atoms with Gasteiger partial charge >= 0.3 is 0 Å². The molecular weight excluding hydrogens is 307 g/mol. The van der Waals surface area contributed by atoms with Gasteiger partial charge in [-0.2, -0.15) is 0 Å². The van der Waals surface area contributed by atoms with Crippen LogP contribution in [0.3, 0.4) is 0 Å². The SMILES string of the molecule is CC(C)Cn1c(CCl)nc2cc(Br)c(F)cc21. The van der Waals surface area contributed by atoms with Gasteiger partial charge in [0.1, 0.15) is 11.6 Å². The summed E-state index contributed by atoms with van der Waals surface area (Å²) in [6.45, 7) is 5.01. The molecular formula is C12H13BrClFN2. The molecule has 17 heavy (non-hydrogen) atoms. The first-order valence-electron chi connectivity index (χ1n) is 5.43. The number of alkyl halides is 1. The van der Waals surface area contributed by atoms with Crippen molar-refractivity contribution in [1.82, 2.24) is 9.55 Å². The van der Waals surface area contributed by atoms with E-state index < -0.39 is 0 Å². The van der Waals surface area contributed by atoms with Crippen LogP contribution in [0.2, 0.25) is 0 Å². The lowest BCUT2D eigenvalue weighted by Crippen LogP contribution is -2.07. The molecule has 0 atom stereocenters. The average molecular weight is 320 g/mol. The van der Waals surface area contributed by atoms with E-state index in [0.29, 0.717) is 16.3 Å². The fourth-order valence-electron chi connectivity index (χ4n) is 1.84. The Kier molecular flexibility index (Phi) is 3.73. The Bertz CT molecular complexity index is 551. The second kappa shape index (κ2) is 4.94. The first-order chi connectivity index (χ1) is 8.02. The number of halogens is 3. The summed E-state index contributed by atoms with van der Waals surface area (Å²) in [7, 11) is 0. The summed E-state index contributed by atoms with van der Waals surface area (Å²) >= 11 is 9.04. The molecule has 0 aliphatic heterocycles. The van der Waals surface area contributed by atoms with Gasteiger partial charge in [-0.05, 0) is 27.9 Å². The maximum Gasteiger partial charge on any atom is 0.139 e. The van der Waals surface area contributed by atoms with Crippen LogP contribution in [0.15, 0.2) is 16.6 Å². The van der Waals surface area contributed by atoms with E-state index in [1.165, 1.54) is 6.07 Å². The molecule has 0 amide bonds. The molecule has 2 nitrogen and oxygen atoms in total. The normalized spacial score (nSPS) is 11.6. The predicted molar refractivity (Wildman–Crippen MR) is 71.8 cm³/mol. The minimum absolute atomic E-state index is 0.275. The number of imidazole rings is 1. The third-order valence-corrected chi connectivity index (χ3v) is 3.38. The molecule has 0 aliphatic rings. The fraction of sp³-hybridized carbons (Fsp3) is 0.417. The molecule has 0 unspecified atom stereocenters. The van der Waals surface area contributed by atoms with Gasteiger partial charge in [0.15, 0.2) is 0 Å². The summed E-state index contributed by atoms with van der Waals surface area (Å²) < 4.78 is 16.0. The van der Waals surface area contributed by atoms with Gasteiger partial charge in [-0.1, -0.05) is 13.8 Å². The Morgan fingerprint density at radius 3 is 2.76 bits per heavy atom. The van der Waals surface area contributed by atoms with Crippen LogP contribution in [0.25, 0.3) is 11.0 Å². The highest BCUT2D eigenvalue weighted by Crippen LogP contribution is 2.25. The molecule has 0 bridgehead atoms. The summed E-state index contributed by atoms with van der Waals surface area (Å²) in [6, 6.07) is 3.20. The van der Waals surface area contributed by atoms with Crippen LogP contribution in [0.4, 0.5) is 4.39 Å². The zero-order valence-electron chi connectivity index (χ0n) is 9.67. The van der Waals surface area contributed by atoms with E-state index in [1.54, 1.807) is 6.07 Å². The minimum Gasteiger partial charge on any atom is -0.327 e. The second-order valence-corrected chi connectivity index (χ2v) is 5.54. The molecule has 0 fully saturated rings. The Labute approximate surface area is 113 Å². The van der Waals surface area contributed by atoms with E-state index in [9.17, 15) is 4.39 Å². The van der Waals surface area contributed by atoms with Crippen molar-refractivity contribution in [2.24, 2.45) is 5.92 Å². The van der Waals surface area contributed by atoms with Gasteiger partial charge in [0.25, 0.3) is 0 Å². The number of nitrogens with zero attached hydrogens (tertiary/aromatic N) is 2. The van der Waals surface area contributed by atoms with E-state index in [-0.39, 0.29) is 5.82 Å². The zero-order valence-corrected chi connectivity index (χ0v) is 12.0. The highest BCUT2D eigenvalue weighted by Gasteiger charge is 2.13. The van der Waals surface area contributed by atoms with Crippen LogP contribution in [-0.2, 0) is 12.4 Å². The molecule has 0 radical (unpaired) electrons. The van der Waals surface area contributed by atoms with Crippen molar-refractivity contribution in [3.8, 4) is 0 Å². The Balaban J connectivity index is 2.65. The van der Waals surface area contributed by atoms with Gasteiger partial charge in [0.2, 0.25) is 0 Å². The van der Waals surface area contributed by atoms with Crippen molar-refractivity contribution < 1.29 is 4.39 Å². The fourth-order valence-corrected chi connectivity index (χ4v) is 2.38. The highest BCUT2D eigenvalue weighted by atomic mass is 79.9. The molecule has 1 aromatic carbocycles. The van der Waals surface area contributed by atoms with Gasteiger partial charge in [-0.3, -0.25) is 0 Å². The standard InChI is InChI=1S/C12H13BrClFN2/c1-7(2)6-17-11-4-9(15)8(13)3-10(11)16-12(17)5-14/h3-4,7H,5-6H2,1-2H3. The number of hydrogen-bond acceptors (Lipinski definition) is 1. The molecule has 0 spiro atoms. The lowest BCUT2D eigenvalue weighted by Gasteiger charge is -2.10. The summed E-state index contributed by atoms with van der Waals surface area (Å²) in [5, 5.41) is 0. The maximum absolute atomic E-state index is 13.6. The van der Waals surface area contributed by atoms with E-state index in [2.05, 4.69) is 34.8 Å². The number of benzene rings is 1. The van der Waals surface area contributed by atoms with Crippen molar-refractivity contribution in [1.29, 1.82) is 0 Å². The smallest absolute Gasteiger partial charge is 0.139 e. The Morgan fingerprint density at radius 1 is 1.47 bits per heavy atom. The van der Waals surface area contributed by atoms with Crippen LogP contribution in [-0.4, -0.2) is 9.55 Å². The van der Waals surface area contributed by atoms with Gasteiger partial charge in [0.05, 0.1) is 21.4 Å². The molecule has 2 rings (SSSR count). The van der Waals surface area contributed by atoms with Crippen LogP contribution in [0.1, 0.15) is 19.7 Å². The molecule has 0 aliphatic carbocycles. The lowest BCUT2D eigenvalue weighted by atomic mass is 10.2. The van der Waals surface area contributed by atoms with Gasteiger partial charge in [0, 0.05) is 12.6 Å². The average Bonchev–Trinajstić information content (AvgIpc) is 2.57. The third kappa shape index (κ3) is 2.47. The summed E-state index contributed by atoms with van der Waals surface area (Å²) in [5.74, 6) is 1.30. The quantitative estimate of drug-likeness (QED) is 0.770. The second-order valence-electron chi connectivity index (χ2n) is 4.42. The monoisotopic (exact) mass is 318 g/mol. The topological polar surface area (TPSA) is 17.8 Å². The lowest BCUT2D eigenvalue weighted by molar-refractivity contribution is 0.521. The maximum atomic E-state index is 13.6. The van der Waals surface area contributed by atoms with Gasteiger partial charge in [-0.15, -0.1) is 11.6 Å². The number of aromatic nitrogens is 2. The van der Waals surface area contributed by atoms with Gasteiger partial charge < -0.3 is 4.57 Å². The van der Waals surface area contributed by atoms with Crippen molar-refractivity contribution in [2.75, 3.05) is 0 Å². The molecule has 92 valence electrons. The van der Waals surface area contributed by atoms with Crippen LogP contribution >= 0.6 is 27.5 Å². The molecule has 0 saturated heterocycles. The largest absolute Gasteiger partial charge is 0.327 e. The third-order valence-electron chi connectivity index (χ3n) is 2.54. The van der Waals surface area contributed by atoms with Crippen LogP contribution in [0, 0.1) is 11.7 Å². The molecule has 1 aromatic heterocycles. The van der Waals surface area contributed by atoms with Crippen LogP contribution < -0.4 is 0 Å². The van der Waals surface area contributed by atoms with E-state index in [0.717, 1.165) is 23.4 Å². The molecule has 0 N–H and O–H groups in total. The van der Waals surface area contributed by atoms with Crippen LogP contribution in [0.5, 0.6) is 0 Å². The first kappa shape index (κ1) is 12.8. The van der Waals surface area contributed by atoms with E-state index in [1.807, 2.05) is 4.57 Å². The summed E-state index contributed by atoms with van der Waals surface area (Å²) in [4.78, 5) is 4.42. The van der Waals surface area contributed by atoms with Crippen molar-refractivity contribution in [3.63, 3.8) is 0 Å². The van der Waals surface area contributed by atoms with Gasteiger partial charge in [-0.25, -0.2) is 9.37 Å². The van der Waals surface area contributed by atoms with E-state index in [4.69, 9.17) is 11.6 Å². The molecule has 2 aromatic rings. The van der Waals surface area contributed by atoms with Crippen molar-refractivity contribution in [2.45, 2.75) is 26.3 Å². The zero-order chi connectivity index (χ0) is 12.6. The number of hydrogen-bond donors (Lipinski definition) is 0. The molecule has 0 saturated carbocycles. The summed E-state index contributed by atoms with van der Waals surface area (Å²) in [6.07, 6.45) is 0. The number of rotatable bonds is 3. The predicted octanol–water partition coefficient (Wildman–Crippen LogP) is 4.33. The molecule has 5 heteroatoms. The molecule has 1 heterocycles. The Hall–Kier alpha value is -0.610. The minimum atomic E-state index is -0.275. The van der Waals surface area contributed by atoms with Crippen molar-refractivity contribution in [3.05, 3.63) is 28.2 Å². The summed E-state index contributed by atoms with van der Waals surface area (Å²) in [5.41, 5.74) is 1.57. The number of fused-ring (bicyclic) bond motifs is 1. The van der Waals surface area contributed by atoms with E-state index >= 15 is 0 Å². The van der Waals surface area contributed by atoms with Crippen molar-refractivity contribution >= 4 is 38.6 Å². The Morgan fingerprint density at radius 2 is 2.18 bits per heavy atom.